The lowest BCUT2D eigenvalue weighted by molar-refractivity contribution is -0.118. The van der Waals surface area contributed by atoms with Gasteiger partial charge >= 0.3 is 0 Å². The van der Waals surface area contributed by atoms with Gasteiger partial charge in [0.2, 0.25) is 5.91 Å². The first-order valence-electron chi connectivity index (χ1n) is 5.95. The molecule has 0 saturated heterocycles. The van der Waals surface area contributed by atoms with Gasteiger partial charge in [0.15, 0.2) is 5.76 Å². The van der Waals surface area contributed by atoms with E-state index in [0.717, 1.165) is 5.56 Å². The van der Waals surface area contributed by atoms with Crippen molar-refractivity contribution in [2.24, 2.45) is 0 Å². The summed E-state index contributed by atoms with van der Waals surface area (Å²) in [5.74, 6) is -0.333. The Kier molecular flexibility index (Phi) is 4.79. The lowest BCUT2D eigenvalue weighted by Crippen LogP contribution is -2.23. The molecule has 1 heterocycles. The predicted octanol–water partition coefficient (Wildman–Crippen LogP) is 2.39. The third kappa shape index (κ3) is 3.86. The predicted molar refractivity (Wildman–Crippen MR) is 75.7 cm³/mol. The second-order valence-corrected chi connectivity index (χ2v) is 4.31. The number of benzene rings is 1. The number of anilines is 1. The number of hydrogen-bond donors (Lipinski definition) is 2. The topological polar surface area (TPSA) is 71.3 Å². The van der Waals surface area contributed by atoms with Gasteiger partial charge in [0.05, 0.1) is 6.26 Å². The van der Waals surface area contributed by atoms with Gasteiger partial charge in [-0.2, -0.15) is 0 Å². The standard InChI is InChI=1S/C14H13ClN2O3/c15-8-13(18)16-9-10-3-5-11(6-4-10)17-14(19)12-2-1-7-20-12/h1-7H,8-9H2,(H,16,18)(H,17,19). The number of nitrogens with one attached hydrogen (secondary N) is 2. The molecule has 2 amide bonds. The summed E-state index contributed by atoms with van der Waals surface area (Å²) in [5.41, 5.74) is 1.57. The van der Waals surface area contributed by atoms with Crippen LogP contribution < -0.4 is 10.6 Å². The number of carbonyl (C=O) groups excluding carboxylic acids is 2. The van der Waals surface area contributed by atoms with E-state index in [1.54, 1.807) is 24.3 Å². The van der Waals surface area contributed by atoms with Gasteiger partial charge in [0.1, 0.15) is 5.88 Å². The number of hydrogen-bond acceptors (Lipinski definition) is 3. The highest BCUT2D eigenvalue weighted by atomic mass is 35.5. The van der Waals surface area contributed by atoms with E-state index in [-0.39, 0.29) is 23.5 Å². The van der Waals surface area contributed by atoms with Crippen LogP contribution in [0.4, 0.5) is 5.69 Å². The molecule has 1 aromatic carbocycles. The third-order valence-electron chi connectivity index (χ3n) is 2.57. The number of furan rings is 1. The van der Waals surface area contributed by atoms with Crippen LogP contribution in [0.2, 0.25) is 0 Å². The fraction of sp³-hybridized carbons (Fsp3) is 0.143. The minimum Gasteiger partial charge on any atom is -0.459 e. The second kappa shape index (κ2) is 6.77. The summed E-state index contributed by atoms with van der Waals surface area (Å²) in [6.45, 7) is 0.401. The molecule has 0 aliphatic rings. The number of alkyl halides is 1. The highest BCUT2D eigenvalue weighted by molar-refractivity contribution is 6.27. The summed E-state index contributed by atoms with van der Waals surface area (Å²) in [7, 11) is 0. The molecule has 0 bridgehead atoms. The van der Waals surface area contributed by atoms with Crippen LogP contribution in [0.25, 0.3) is 0 Å². The van der Waals surface area contributed by atoms with E-state index in [2.05, 4.69) is 10.6 Å². The molecule has 0 radical (unpaired) electrons. The third-order valence-corrected chi connectivity index (χ3v) is 2.81. The molecule has 2 aromatic rings. The van der Waals surface area contributed by atoms with Crippen molar-refractivity contribution in [3.63, 3.8) is 0 Å². The zero-order valence-electron chi connectivity index (χ0n) is 10.6. The van der Waals surface area contributed by atoms with Crippen LogP contribution in [-0.2, 0) is 11.3 Å². The van der Waals surface area contributed by atoms with Gasteiger partial charge in [-0.15, -0.1) is 11.6 Å². The van der Waals surface area contributed by atoms with Crippen LogP contribution in [0.5, 0.6) is 0 Å². The molecular formula is C14H13ClN2O3. The molecule has 0 spiro atoms. The maximum absolute atomic E-state index is 11.7. The minimum absolute atomic E-state index is 0.0582. The molecule has 0 aliphatic carbocycles. The monoisotopic (exact) mass is 292 g/mol. The van der Waals surface area contributed by atoms with Crippen LogP contribution >= 0.6 is 11.6 Å². The fourth-order valence-electron chi connectivity index (χ4n) is 1.55. The van der Waals surface area contributed by atoms with Crippen LogP contribution in [0.3, 0.4) is 0 Å². The molecule has 104 valence electrons. The summed E-state index contributed by atoms with van der Waals surface area (Å²) in [4.78, 5) is 22.8. The Balaban J connectivity index is 1.91. The molecule has 0 saturated carbocycles. The maximum Gasteiger partial charge on any atom is 0.291 e. The van der Waals surface area contributed by atoms with Gasteiger partial charge in [-0.3, -0.25) is 9.59 Å². The molecule has 0 aliphatic heterocycles. The van der Waals surface area contributed by atoms with Gasteiger partial charge in [0, 0.05) is 12.2 Å². The van der Waals surface area contributed by atoms with Gasteiger partial charge in [-0.1, -0.05) is 12.1 Å². The molecule has 0 atom stereocenters. The Bertz CT molecular complexity index is 579. The smallest absolute Gasteiger partial charge is 0.291 e. The van der Waals surface area contributed by atoms with Crippen LogP contribution in [-0.4, -0.2) is 17.7 Å². The Morgan fingerprint density at radius 3 is 2.50 bits per heavy atom. The molecule has 5 nitrogen and oxygen atoms in total. The lowest BCUT2D eigenvalue weighted by atomic mass is 10.2. The number of halogens is 1. The lowest BCUT2D eigenvalue weighted by Gasteiger charge is -2.06. The number of carbonyl (C=O) groups is 2. The summed E-state index contributed by atoms with van der Waals surface area (Å²) >= 11 is 5.38. The van der Waals surface area contributed by atoms with E-state index in [4.69, 9.17) is 16.0 Å². The first-order chi connectivity index (χ1) is 9.69. The minimum atomic E-state index is -0.307. The van der Waals surface area contributed by atoms with Crippen molar-refractivity contribution in [1.29, 1.82) is 0 Å². The highest BCUT2D eigenvalue weighted by Crippen LogP contribution is 2.11. The zero-order valence-corrected chi connectivity index (χ0v) is 11.3. The maximum atomic E-state index is 11.7. The first kappa shape index (κ1) is 14.1. The summed E-state index contributed by atoms with van der Waals surface area (Å²) in [6.07, 6.45) is 1.44. The van der Waals surface area contributed by atoms with Crippen LogP contribution in [0, 0.1) is 0 Å². The summed E-state index contributed by atoms with van der Waals surface area (Å²) in [6, 6.07) is 10.4. The van der Waals surface area contributed by atoms with E-state index < -0.39 is 0 Å². The molecule has 0 unspecified atom stereocenters. The van der Waals surface area contributed by atoms with Gasteiger partial charge in [-0.05, 0) is 29.8 Å². The van der Waals surface area contributed by atoms with Crippen molar-refractivity contribution < 1.29 is 14.0 Å². The summed E-state index contributed by atoms with van der Waals surface area (Å²) in [5, 5.41) is 5.36. The van der Waals surface area contributed by atoms with Crippen LogP contribution in [0.15, 0.2) is 47.1 Å². The van der Waals surface area contributed by atoms with E-state index in [9.17, 15) is 9.59 Å². The highest BCUT2D eigenvalue weighted by Gasteiger charge is 2.08. The summed E-state index contributed by atoms with van der Waals surface area (Å²) < 4.78 is 5.00. The second-order valence-electron chi connectivity index (χ2n) is 4.04. The Hall–Kier alpha value is -2.27. The molecule has 0 fully saturated rings. The molecule has 20 heavy (non-hydrogen) atoms. The molecule has 1 aromatic heterocycles. The number of amides is 2. The zero-order chi connectivity index (χ0) is 14.4. The van der Waals surface area contributed by atoms with E-state index >= 15 is 0 Å². The van der Waals surface area contributed by atoms with Crippen LogP contribution in [0.1, 0.15) is 16.1 Å². The Morgan fingerprint density at radius 1 is 1.15 bits per heavy atom. The molecule has 2 N–H and O–H groups in total. The quantitative estimate of drug-likeness (QED) is 0.831. The van der Waals surface area contributed by atoms with Crippen molar-refractivity contribution in [3.8, 4) is 0 Å². The Labute approximate surface area is 120 Å². The SMILES string of the molecule is O=C(CCl)NCc1ccc(NC(=O)c2ccco2)cc1. The fourth-order valence-corrected chi connectivity index (χ4v) is 1.65. The molecular weight excluding hydrogens is 280 g/mol. The van der Waals surface area contributed by atoms with Crippen molar-refractivity contribution in [2.45, 2.75) is 6.54 Å². The van der Waals surface area contributed by atoms with Crippen molar-refractivity contribution >= 4 is 29.1 Å². The van der Waals surface area contributed by atoms with Gasteiger partial charge in [-0.25, -0.2) is 0 Å². The van der Waals surface area contributed by atoms with Gasteiger partial charge in [0.25, 0.3) is 5.91 Å². The van der Waals surface area contributed by atoms with E-state index in [0.29, 0.717) is 12.2 Å². The van der Waals surface area contributed by atoms with Crippen molar-refractivity contribution in [1.82, 2.24) is 5.32 Å². The van der Waals surface area contributed by atoms with Gasteiger partial charge < -0.3 is 15.1 Å². The largest absolute Gasteiger partial charge is 0.459 e. The molecule has 6 heteroatoms. The number of rotatable bonds is 5. The van der Waals surface area contributed by atoms with E-state index in [1.165, 1.54) is 6.26 Å². The van der Waals surface area contributed by atoms with E-state index in [1.807, 2.05) is 12.1 Å². The normalized spacial score (nSPS) is 10.1. The average Bonchev–Trinajstić information content (AvgIpc) is 3.00. The average molecular weight is 293 g/mol. The first-order valence-corrected chi connectivity index (χ1v) is 6.49. The Morgan fingerprint density at radius 2 is 1.90 bits per heavy atom. The van der Waals surface area contributed by atoms with Crippen molar-refractivity contribution in [3.05, 3.63) is 54.0 Å². The molecule has 2 rings (SSSR count). The van der Waals surface area contributed by atoms with Crippen molar-refractivity contribution in [2.75, 3.05) is 11.2 Å².